The third kappa shape index (κ3) is 4.73. The summed E-state index contributed by atoms with van der Waals surface area (Å²) in [5, 5.41) is 8.90. The molecule has 0 radical (unpaired) electrons. The van der Waals surface area contributed by atoms with E-state index >= 15 is 0 Å². The number of hydrogen-bond acceptors (Lipinski definition) is 8. The van der Waals surface area contributed by atoms with Crippen LogP contribution in [0.3, 0.4) is 0 Å². The molecular formula is C26H22N4O6S. The fourth-order valence-electron chi connectivity index (χ4n) is 4.18. The van der Waals surface area contributed by atoms with Crippen molar-refractivity contribution in [2.75, 3.05) is 12.0 Å². The van der Waals surface area contributed by atoms with Crippen LogP contribution >= 0.6 is 0 Å². The van der Waals surface area contributed by atoms with Crippen molar-refractivity contribution in [1.82, 2.24) is 19.9 Å². The number of nitrogens with zero attached hydrogens (tertiary/aromatic N) is 4. The molecule has 37 heavy (non-hydrogen) atoms. The number of carbonyl (C=O) groups is 3. The molecule has 3 aromatic carbocycles. The predicted octanol–water partition coefficient (Wildman–Crippen LogP) is 2.73. The van der Waals surface area contributed by atoms with E-state index in [0.29, 0.717) is 16.7 Å². The van der Waals surface area contributed by atoms with Crippen molar-refractivity contribution in [1.29, 1.82) is 0 Å². The molecule has 4 aromatic rings. The summed E-state index contributed by atoms with van der Waals surface area (Å²) in [7, 11) is -3.51. The van der Waals surface area contributed by atoms with Gasteiger partial charge in [0.25, 0.3) is 11.8 Å². The van der Waals surface area contributed by atoms with Crippen molar-refractivity contribution in [3.8, 4) is 11.4 Å². The van der Waals surface area contributed by atoms with Gasteiger partial charge in [0, 0.05) is 6.26 Å². The van der Waals surface area contributed by atoms with E-state index in [2.05, 4.69) is 10.2 Å². The Hall–Kier alpha value is -4.38. The van der Waals surface area contributed by atoms with Crippen LogP contribution in [0.15, 0.2) is 66.7 Å². The minimum Gasteiger partial charge on any atom is -0.423 e. The fourth-order valence-corrected chi connectivity index (χ4v) is 4.83. The summed E-state index contributed by atoms with van der Waals surface area (Å²) in [6.07, 6.45) is 0.706. The molecule has 5 rings (SSSR count). The summed E-state index contributed by atoms with van der Waals surface area (Å²) < 4.78 is 29.5. The number of hydrogen-bond donors (Lipinski definition) is 0. The van der Waals surface area contributed by atoms with Gasteiger partial charge >= 0.3 is 5.97 Å². The first kappa shape index (κ1) is 24.3. The van der Waals surface area contributed by atoms with Gasteiger partial charge in [-0.2, -0.15) is 0 Å². The molecule has 0 aliphatic carbocycles. The molecule has 0 bridgehead atoms. The second-order valence-corrected chi connectivity index (χ2v) is 11.1. The van der Waals surface area contributed by atoms with Crippen molar-refractivity contribution in [2.24, 2.45) is 0 Å². The maximum Gasteiger partial charge on any atom is 0.334 e. The van der Waals surface area contributed by atoms with Crippen molar-refractivity contribution in [2.45, 2.75) is 19.4 Å². The average molecular weight is 519 g/mol. The lowest BCUT2D eigenvalue weighted by Crippen LogP contribution is -2.47. The highest BCUT2D eigenvalue weighted by Gasteiger charge is 2.43. The van der Waals surface area contributed by atoms with Crippen molar-refractivity contribution in [3.05, 3.63) is 83.4 Å². The molecule has 1 aromatic heterocycles. The van der Waals surface area contributed by atoms with Crippen LogP contribution in [0, 0.1) is 6.92 Å². The van der Waals surface area contributed by atoms with Gasteiger partial charge in [-0.05, 0) is 55.3 Å². The Morgan fingerprint density at radius 2 is 1.49 bits per heavy atom. The quantitative estimate of drug-likeness (QED) is 0.208. The smallest absolute Gasteiger partial charge is 0.334 e. The number of carbonyl (C=O) groups excluding carboxylic acids is 3. The number of aromatic nitrogens is 3. The zero-order valence-electron chi connectivity index (χ0n) is 20.0. The number of sulfone groups is 1. The number of fused-ring (bicyclic) bond motifs is 2. The number of benzene rings is 3. The monoisotopic (exact) mass is 518 g/mol. The van der Waals surface area contributed by atoms with Gasteiger partial charge < -0.3 is 4.74 Å². The Morgan fingerprint density at radius 1 is 0.919 bits per heavy atom. The van der Waals surface area contributed by atoms with Crippen LogP contribution in [0.4, 0.5) is 0 Å². The van der Waals surface area contributed by atoms with Gasteiger partial charge in [-0.3, -0.25) is 14.5 Å². The van der Waals surface area contributed by atoms with Gasteiger partial charge in [0.2, 0.25) is 0 Å². The molecule has 1 aliphatic rings. The number of ether oxygens (including phenoxy) is 1. The number of amides is 2. The van der Waals surface area contributed by atoms with Crippen LogP contribution in [0.5, 0.6) is 5.75 Å². The molecule has 0 saturated heterocycles. The van der Waals surface area contributed by atoms with Gasteiger partial charge in [0.1, 0.15) is 32.6 Å². The number of esters is 1. The van der Waals surface area contributed by atoms with Crippen LogP contribution in [0.25, 0.3) is 16.7 Å². The SMILES string of the molecule is Cc1ccc(OC(=O)[C@H](CCS(C)(=O)=O)N2C(=O)c3ccccc3C2=O)c(-n2nc3ccccc3n2)c1. The number of rotatable bonds is 7. The standard InChI is InChI=1S/C26H22N4O6S/c1-16-11-12-23(22(15-16)30-27-19-9-5-6-10-20(19)28-30)36-26(33)21(13-14-37(2,34)35)29-24(31)17-7-3-4-8-18(17)25(29)32/h3-12,15,21H,13-14H2,1-2H3/t21-/m0/s1. The third-order valence-electron chi connectivity index (χ3n) is 6.00. The van der Waals surface area contributed by atoms with E-state index in [1.807, 2.05) is 19.1 Å². The Bertz CT molecular complexity index is 1610. The van der Waals surface area contributed by atoms with Crippen molar-refractivity contribution in [3.63, 3.8) is 0 Å². The van der Waals surface area contributed by atoms with E-state index in [4.69, 9.17) is 4.74 Å². The number of imide groups is 1. The largest absolute Gasteiger partial charge is 0.423 e. The highest BCUT2D eigenvalue weighted by molar-refractivity contribution is 7.90. The second kappa shape index (κ2) is 9.25. The summed E-state index contributed by atoms with van der Waals surface area (Å²) in [6, 6.07) is 17.0. The van der Waals surface area contributed by atoms with Gasteiger partial charge in [-0.15, -0.1) is 15.0 Å². The van der Waals surface area contributed by atoms with Crippen molar-refractivity contribution >= 4 is 38.7 Å². The highest BCUT2D eigenvalue weighted by Crippen LogP contribution is 2.29. The second-order valence-electron chi connectivity index (χ2n) is 8.83. The van der Waals surface area contributed by atoms with E-state index in [1.54, 1.807) is 42.5 Å². The Morgan fingerprint density at radius 3 is 2.05 bits per heavy atom. The summed E-state index contributed by atoms with van der Waals surface area (Å²) in [6.45, 7) is 1.85. The summed E-state index contributed by atoms with van der Waals surface area (Å²) in [4.78, 5) is 41.8. The predicted molar refractivity (Wildman–Crippen MR) is 134 cm³/mol. The van der Waals surface area contributed by atoms with Gasteiger partial charge in [-0.25, -0.2) is 13.2 Å². The van der Waals surface area contributed by atoms with Crippen molar-refractivity contribution < 1.29 is 27.5 Å². The molecule has 0 spiro atoms. The first-order valence-corrected chi connectivity index (χ1v) is 13.5. The lowest BCUT2D eigenvalue weighted by molar-refractivity contribution is -0.138. The van der Waals surface area contributed by atoms with Crippen LogP contribution in [0.1, 0.15) is 32.7 Å². The van der Waals surface area contributed by atoms with Gasteiger partial charge in [0.15, 0.2) is 5.75 Å². The molecule has 188 valence electrons. The molecule has 2 amide bonds. The Kier molecular flexibility index (Phi) is 6.08. The van der Waals surface area contributed by atoms with Gasteiger partial charge in [0.05, 0.1) is 16.9 Å². The van der Waals surface area contributed by atoms with E-state index in [0.717, 1.165) is 16.7 Å². The molecule has 0 unspecified atom stereocenters. The van der Waals surface area contributed by atoms with Crippen LogP contribution in [-0.4, -0.2) is 64.1 Å². The zero-order chi connectivity index (χ0) is 26.3. The Balaban J connectivity index is 1.51. The molecule has 1 aliphatic heterocycles. The third-order valence-corrected chi connectivity index (χ3v) is 6.98. The molecule has 0 N–H and O–H groups in total. The lowest BCUT2D eigenvalue weighted by Gasteiger charge is -2.24. The zero-order valence-corrected chi connectivity index (χ0v) is 20.8. The van der Waals surface area contributed by atoms with E-state index in [9.17, 15) is 22.8 Å². The minimum atomic E-state index is -3.51. The highest BCUT2D eigenvalue weighted by atomic mass is 32.2. The van der Waals surface area contributed by atoms with Crippen LogP contribution in [-0.2, 0) is 14.6 Å². The molecule has 2 heterocycles. The van der Waals surface area contributed by atoms with E-state index < -0.39 is 39.4 Å². The topological polar surface area (TPSA) is 129 Å². The molecule has 1 atom stereocenters. The normalized spacial score (nSPS) is 14.2. The maximum absolute atomic E-state index is 13.5. The first-order valence-electron chi connectivity index (χ1n) is 11.4. The summed E-state index contributed by atoms with van der Waals surface area (Å²) >= 11 is 0. The van der Waals surface area contributed by atoms with E-state index in [1.165, 1.54) is 16.9 Å². The first-order chi connectivity index (χ1) is 17.6. The molecule has 0 fully saturated rings. The average Bonchev–Trinajstić information content (AvgIpc) is 3.40. The van der Waals surface area contributed by atoms with Crippen LogP contribution < -0.4 is 4.74 Å². The Labute approximate surface area is 212 Å². The van der Waals surface area contributed by atoms with Crippen LogP contribution in [0.2, 0.25) is 0 Å². The van der Waals surface area contributed by atoms with E-state index in [-0.39, 0.29) is 23.3 Å². The minimum absolute atomic E-state index is 0.0943. The summed E-state index contributed by atoms with van der Waals surface area (Å²) in [5.74, 6) is -2.63. The number of aryl methyl sites for hydroxylation is 1. The molecule has 0 saturated carbocycles. The molecular weight excluding hydrogens is 496 g/mol. The fraction of sp³-hybridized carbons (Fsp3) is 0.192. The van der Waals surface area contributed by atoms with Gasteiger partial charge in [-0.1, -0.05) is 30.3 Å². The molecule has 10 nitrogen and oxygen atoms in total. The molecule has 11 heteroatoms. The summed E-state index contributed by atoms with van der Waals surface area (Å²) in [5.41, 5.74) is 2.79. The lowest BCUT2D eigenvalue weighted by atomic mass is 10.1. The maximum atomic E-state index is 13.5.